The Morgan fingerprint density at radius 3 is 2.81 bits per heavy atom. The van der Waals surface area contributed by atoms with Gasteiger partial charge in [0, 0.05) is 44.2 Å². The van der Waals surface area contributed by atoms with E-state index in [1.165, 1.54) is 36.6 Å². The minimum atomic E-state index is 0.373. The van der Waals surface area contributed by atoms with Crippen LogP contribution in [0.1, 0.15) is 44.1 Å². The van der Waals surface area contributed by atoms with Gasteiger partial charge in [-0.2, -0.15) is 0 Å². The number of fused-ring (bicyclic) bond motifs is 1. The maximum Gasteiger partial charge on any atom is 0.222 e. The van der Waals surface area contributed by atoms with Crippen LogP contribution in [0.25, 0.3) is 10.9 Å². The molecular formula is C22H29N3O. The van der Waals surface area contributed by atoms with Crippen molar-refractivity contribution in [3.05, 3.63) is 42.1 Å². The Morgan fingerprint density at radius 2 is 1.92 bits per heavy atom. The van der Waals surface area contributed by atoms with E-state index in [9.17, 15) is 4.79 Å². The first kappa shape index (κ1) is 17.5. The quantitative estimate of drug-likeness (QED) is 0.821. The lowest BCUT2D eigenvalue weighted by atomic mass is 9.92. The maximum atomic E-state index is 12.3. The fraction of sp³-hybridized carbons (Fsp3) is 0.545. The first-order chi connectivity index (χ1) is 12.8. The second-order valence-corrected chi connectivity index (χ2v) is 7.86. The first-order valence-corrected chi connectivity index (χ1v) is 10.1. The summed E-state index contributed by atoms with van der Waals surface area (Å²) < 4.78 is 0. The minimum Gasteiger partial charge on any atom is -0.343 e. The summed E-state index contributed by atoms with van der Waals surface area (Å²) in [5.74, 6) is 1.02. The number of aromatic nitrogens is 1. The topological polar surface area (TPSA) is 36.4 Å². The number of piperidine rings is 1. The summed E-state index contributed by atoms with van der Waals surface area (Å²) in [5.41, 5.74) is 2.44. The van der Waals surface area contributed by atoms with E-state index in [2.05, 4.69) is 39.0 Å². The number of likely N-dealkylation sites (tertiary alicyclic amines) is 2. The number of rotatable bonds is 5. The number of pyridine rings is 1. The van der Waals surface area contributed by atoms with Crippen LogP contribution < -0.4 is 0 Å². The molecule has 4 heteroatoms. The monoisotopic (exact) mass is 351 g/mol. The van der Waals surface area contributed by atoms with Gasteiger partial charge in [0.05, 0.1) is 5.52 Å². The molecule has 1 atom stereocenters. The fourth-order valence-corrected chi connectivity index (χ4v) is 4.52. The van der Waals surface area contributed by atoms with Gasteiger partial charge in [-0.05, 0) is 56.2 Å². The fourth-order valence-electron chi connectivity index (χ4n) is 4.52. The molecule has 2 fully saturated rings. The van der Waals surface area contributed by atoms with E-state index in [4.69, 9.17) is 0 Å². The van der Waals surface area contributed by atoms with Gasteiger partial charge in [-0.1, -0.05) is 24.3 Å². The van der Waals surface area contributed by atoms with E-state index in [0.29, 0.717) is 11.8 Å². The Labute approximate surface area is 156 Å². The van der Waals surface area contributed by atoms with Crippen molar-refractivity contribution in [3.63, 3.8) is 0 Å². The molecule has 0 saturated carbocycles. The molecule has 4 rings (SSSR count). The average Bonchev–Trinajstić information content (AvgIpc) is 3.22. The van der Waals surface area contributed by atoms with Crippen LogP contribution in [0, 0.1) is 5.92 Å². The van der Waals surface area contributed by atoms with Gasteiger partial charge in [0.25, 0.3) is 0 Å². The number of hydrogen-bond acceptors (Lipinski definition) is 3. The first-order valence-electron chi connectivity index (χ1n) is 10.1. The van der Waals surface area contributed by atoms with Crippen molar-refractivity contribution in [1.82, 2.24) is 14.8 Å². The number of hydrogen-bond donors (Lipinski definition) is 0. The molecular weight excluding hydrogens is 322 g/mol. The zero-order valence-corrected chi connectivity index (χ0v) is 15.6. The van der Waals surface area contributed by atoms with Gasteiger partial charge in [-0.15, -0.1) is 0 Å². The summed E-state index contributed by atoms with van der Waals surface area (Å²) in [6.07, 6.45) is 8.52. The van der Waals surface area contributed by atoms with Crippen LogP contribution in [0.4, 0.5) is 0 Å². The lowest BCUT2D eigenvalue weighted by Gasteiger charge is -2.33. The van der Waals surface area contributed by atoms with Crippen LogP contribution in [0.2, 0.25) is 0 Å². The third-order valence-corrected chi connectivity index (χ3v) is 5.94. The van der Waals surface area contributed by atoms with Crippen LogP contribution in [-0.4, -0.2) is 46.9 Å². The molecule has 2 aromatic rings. The summed E-state index contributed by atoms with van der Waals surface area (Å²) in [7, 11) is 0. The molecule has 1 aromatic heterocycles. The molecule has 2 aliphatic heterocycles. The Bertz CT molecular complexity index is 749. The Balaban J connectivity index is 1.34. The second kappa shape index (κ2) is 8.17. The zero-order valence-electron chi connectivity index (χ0n) is 15.6. The number of benzene rings is 1. The molecule has 0 bridgehead atoms. The molecule has 2 saturated heterocycles. The minimum absolute atomic E-state index is 0.373. The van der Waals surface area contributed by atoms with E-state index >= 15 is 0 Å². The van der Waals surface area contributed by atoms with Gasteiger partial charge < -0.3 is 4.90 Å². The Morgan fingerprint density at radius 1 is 1.08 bits per heavy atom. The predicted octanol–water partition coefficient (Wildman–Crippen LogP) is 3.85. The average molecular weight is 351 g/mol. The van der Waals surface area contributed by atoms with Crippen molar-refractivity contribution in [1.29, 1.82) is 0 Å². The van der Waals surface area contributed by atoms with E-state index in [1.54, 1.807) is 0 Å². The zero-order chi connectivity index (χ0) is 17.8. The van der Waals surface area contributed by atoms with Crippen molar-refractivity contribution >= 4 is 16.8 Å². The molecule has 3 heterocycles. The maximum absolute atomic E-state index is 12.3. The summed E-state index contributed by atoms with van der Waals surface area (Å²) >= 11 is 0. The SMILES string of the molecule is O=C(CC[C@H]1CCCN(Cc2cccc3cccnc23)C1)N1CCCC1. The Hall–Kier alpha value is -1.94. The van der Waals surface area contributed by atoms with Crippen LogP contribution >= 0.6 is 0 Å². The molecule has 1 amide bonds. The van der Waals surface area contributed by atoms with Gasteiger partial charge in [0.2, 0.25) is 5.91 Å². The van der Waals surface area contributed by atoms with Crippen molar-refractivity contribution < 1.29 is 4.79 Å². The smallest absolute Gasteiger partial charge is 0.222 e. The van der Waals surface area contributed by atoms with Crippen molar-refractivity contribution in [2.45, 2.75) is 45.1 Å². The van der Waals surface area contributed by atoms with Gasteiger partial charge in [-0.3, -0.25) is 14.7 Å². The summed E-state index contributed by atoms with van der Waals surface area (Å²) in [6, 6.07) is 10.6. The highest BCUT2D eigenvalue weighted by molar-refractivity contribution is 5.81. The van der Waals surface area contributed by atoms with Crippen LogP contribution in [0.5, 0.6) is 0 Å². The van der Waals surface area contributed by atoms with Crippen molar-refractivity contribution in [2.75, 3.05) is 26.2 Å². The molecule has 0 N–H and O–H groups in total. The normalized spacial score (nSPS) is 21.4. The van der Waals surface area contributed by atoms with Gasteiger partial charge >= 0.3 is 0 Å². The molecule has 0 aliphatic carbocycles. The van der Waals surface area contributed by atoms with Crippen molar-refractivity contribution in [2.24, 2.45) is 5.92 Å². The summed E-state index contributed by atoms with van der Waals surface area (Å²) in [6.45, 7) is 5.18. The number of nitrogens with zero attached hydrogens (tertiary/aromatic N) is 3. The largest absolute Gasteiger partial charge is 0.343 e. The van der Waals surface area contributed by atoms with Gasteiger partial charge in [0.15, 0.2) is 0 Å². The van der Waals surface area contributed by atoms with Crippen LogP contribution in [-0.2, 0) is 11.3 Å². The van der Waals surface area contributed by atoms with Gasteiger partial charge in [-0.25, -0.2) is 0 Å². The molecule has 0 unspecified atom stereocenters. The highest BCUT2D eigenvalue weighted by atomic mass is 16.2. The molecule has 4 nitrogen and oxygen atoms in total. The molecule has 2 aliphatic rings. The van der Waals surface area contributed by atoms with E-state index < -0.39 is 0 Å². The lowest BCUT2D eigenvalue weighted by molar-refractivity contribution is -0.130. The van der Waals surface area contributed by atoms with E-state index in [1.807, 2.05) is 12.3 Å². The lowest BCUT2D eigenvalue weighted by Crippen LogP contribution is -2.36. The summed E-state index contributed by atoms with van der Waals surface area (Å²) in [5, 5.41) is 1.22. The predicted molar refractivity (Wildman–Crippen MR) is 105 cm³/mol. The summed E-state index contributed by atoms with van der Waals surface area (Å²) in [4.78, 5) is 21.5. The molecule has 1 aromatic carbocycles. The van der Waals surface area contributed by atoms with Crippen LogP contribution in [0.15, 0.2) is 36.5 Å². The molecule has 138 valence electrons. The standard InChI is InChI=1S/C22H29N3O/c26-21(25-14-1-2-15-25)11-10-18-6-5-13-24(16-18)17-20-8-3-7-19-9-4-12-23-22(19)20/h3-4,7-9,12,18H,1-2,5-6,10-11,13-17H2/t18-/m1/s1. The highest BCUT2D eigenvalue weighted by Gasteiger charge is 2.23. The number of para-hydroxylation sites is 1. The molecule has 0 spiro atoms. The highest BCUT2D eigenvalue weighted by Crippen LogP contribution is 2.25. The molecule has 0 radical (unpaired) electrons. The number of carbonyl (C=O) groups is 1. The van der Waals surface area contributed by atoms with E-state index in [-0.39, 0.29) is 0 Å². The van der Waals surface area contributed by atoms with Crippen LogP contribution in [0.3, 0.4) is 0 Å². The second-order valence-electron chi connectivity index (χ2n) is 7.86. The molecule has 26 heavy (non-hydrogen) atoms. The van der Waals surface area contributed by atoms with Gasteiger partial charge in [0.1, 0.15) is 0 Å². The third-order valence-electron chi connectivity index (χ3n) is 5.94. The number of amides is 1. The number of carbonyl (C=O) groups excluding carboxylic acids is 1. The Kier molecular flexibility index (Phi) is 5.49. The third kappa shape index (κ3) is 4.07. The van der Waals surface area contributed by atoms with E-state index in [0.717, 1.165) is 51.1 Å². The van der Waals surface area contributed by atoms with Crippen molar-refractivity contribution in [3.8, 4) is 0 Å².